The molecule has 10 aromatic carbocycles. The van der Waals surface area contributed by atoms with E-state index in [0.29, 0.717) is 0 Å². The molecule has 16 rings (SSSR count). The van der Waals surface area contributed by atoms with Crippen LogP contribution in [0.25, 0.3) is 63.0 Å². The molecule has 3 aliphatic rings. The highest BCUT2D eigenvalue weighted by Crippen LogP contribution is 2.67. The van der Waals surface area contributed by atoms with Gasteiger partial charge in [0.25, 0.3) is 0 Å². The molecule has 0 saturated heterocycles. The number of anilines is 6. The number of allylic oxidation sites excluding steroid dienone is 1. The Labute approximate surface area is 459 Å². The van der Waals surface area contributed by atoms with Crippen molar-refractivity contribution in [1.82, 2.24) is 4.57 Å². The molecule has 3 nitrogen and oxygen atoms in total. The maximum absolute atomic E-state index is 3.51. The van der Waals surface area contributed by atoms with Crippen molar-refractivity contribution in [2.75, 3.05) is 22.3 Å². The second-order valence-electron chi connectivity index (χ2n) is 19.3. The highest BCUT2D eigenvalue weighted by Gasteiger charge is 2.33. The van der Waals surface area contributed by atoms with Gasteiger partial charge in [-0.25, -0.2) is 0 Å². The number of halogens is 1. The van der Waals surface area contributed by atoms with Gasteiger partial charge in [0.15, 0.2) is 0 Å². The molecule has 0 spiro atoms. The molecule has 0 fully saturated rings. The van der Waals surface area contributed by atoms with Crippen LogP contribution < -0.4 is 9.80 Å². The van der Waals surface area contributed by atoms with Crippen molar-refractivity contribution in [1.29, 1.82) is 0 Å². The van der Waals surface area contributed by atoms with Gasteiger partial charge in [0.2, 0.25) is 0 Å². The summed E-state index contributed by atoms with van der Waals surface area (Å²) >= 11 is 9.12. The van der Waals surface area contributed by atoms with Crippen molar-refractivity contribution in [3.63, 3.8) is 0 Å². The van der Waals surface area contributed by atoms with E-state index in [1.165, 1.54) is 122 Å². The van der Waals surface area contributed by atoms with Crippen LogP contribution in [0.5, 0.6) is 0 Å². The van der Waals surface area contributed by atoms with Crippen LogP contribution in [0.4, 0.5) is 34.1 Å². The Morgan fingerprint density at radius 2 is 0.933 bits per heavy atom. The summed E-state index contributed by atoms with van der Waals surface area (Å²) in [6, 6.07) is 81.2. The molecule has 0 unspecified atom stereocenters. The Hall–Kier alpha value is -7.30. The minimum absolute atomic E-state index is 1.09. The quantitative estimate of drug-likeness (QED) is 0.175. The standard InChI is InChI=1S/C34H26N2S2.C18H12BrNS.C15H10S/c1-38(2)31-13-7-4-10-27(31)36(28-11-5-8-14-32(28)38)25-18-16-24(17-19-25)35-22-21-23-15-20-30-33(34(23)35)26-9-3-6-12-29(26)37-30;19-13-9-11-14(12-10-13)20-15-5-1-3-7-17(15)21-18-8-4-2-6-16(18)20;1-2-7-13-12(5-1)15-11-6-3-4-10(11)8-9-14(15)16-13/h3-22H,1-2H3;1-12H;1-5,7-9H,6H2. The fourth-order valence-corrected chi connectivity index (χ4v) is 17.2. The molecule has 1 aliphatic carbocycles. The molecule has 75 heavy (non-hydrogen) atoms. The van der Waals surface area contributed by atoms with Crippen LogP contribution in [-0.2, 0) is 6.42 Å². The second-order valence-corrected chi connectivity index (χ2v) is 27.0. The van der Waals surface area contributed by atoms with Crippen LogP contribution in [0.3, 0.4) is 0 Å². The topological polar surface area (TPSA) is 11.4 Å². The van der Waals surface area contributed by atoms with Crippen LogP contribution in [0.15, 0.2) is 261 Å². The summed E-state index contributed by atoms with van der Waals surface area (Å²) in [6.07, 6.45) is 12.6. The summed E-state index contributed by atoms with van der Waals surface area (Å²) in [7, 11) is -1.09. The van der Waals surface area contributed by atoms with Gasteiger partial charge in [-0.05, 0) is 157 Å². The van der Waals surface area contributed by atoms with E-state index < -0.39 is 10.0 Å². The van der Waals surface area contributed by atoms with Crippen molar-refractivity contribution >= 4 is 152 Å². The van der Waals surface area contributed by atoms with Gasteiger partial charge in [-0.15, -0.1) is 22.7 Å². The predicted molar refractivity (Wildman–Crippen MR) is 332 cm³/mol. The first kappa shape index (κ1) is 46.2. The molecule has 3 aromatic heterocycles. The summed E-state index contributed by atoms with van der Waals surface area (Å²) in [5, 5.41) is 6.85. The van der Waals surface area contributed by atoms with Crippen molar-refractivity contribution in [3.05, 3.63) is 252 Å². The average Bonchev–Trinajstić information content (AvgIpc) is 4.30. The van der Waals surface area contributed by atoms with E-state index in [1.54, 1.807) is 0 Å². The monoisotopic (exact) mass is 1100 g/mol. The molecular weight excluding hydrogens is 1050 g/mol. The first-order valence-electron chi connectivity index (χ1n) is 25.1. The first-order valence-corrected chi connectivity index (χ1v) is 30.8. The van der Waals surface area contributed by atoms with E-state index in [0.717, 1.165) is 10.9 Å². The van der Waals surface area contributed by atoms with E-state index in [1.807, 2.05) is 34.4 Å². The van der Waals surface area contributed by atoms with Crippen LogP contribution in [-0.4, -0.2) is 17.1 Å². The Morgan fingerprint density at radius 3 is 1.57 bits per heavy atom. The largest absolute Gasteiger partial charge is 0.316 e. The molecule has 0 bridgehead atoms. The van der Waals surface area contributed by atoms with Gasteiger partial charge in [-0.3, -0.25) is 0 Å². The number of fused-ring (bicyclic) bond motifs is 14. The summed E-state index contributed by atoms with van der Waals surface area (Å²) in [4.78, 5) is 10.2. The number of hydrogen-bond donors (Lipinski definition) is 0. The van der Waals surface area contributed by atoms with Gasteiger partial charge in [-0.1, -0.05) is 137 Å². The lowest BCUT2D eigenvalue weighted by Crippen LogP contribution is -2.19. The molecule has 13 aromatic rings. The third-order valence-electron chi connectivity index (χ3n) is 14.7. The van der Waals surface area contributed by atoms with Crippen LogP contribution >= 0.6 is 60.4 Å². The predicted octanol–water partition coefficient (Wildman–Crippen LogP) is 21.3. The molecular formula is C67H48BrN3S4. The van der Waals surface area contributed by atoms with Crippen molar-refractivity contribution in [2.24, 2.45) is 0 Å². The van der Waals surface area contributed by atoms with Gasteiger partial charge in [-0.2, -0.15) is 10.0 Å². The Morgan fingerprint density at radius 1 is 0.440 bits per heavy atom. The van der Waals surface area contributed by atoms with Crippen molar-refractivity contribution in [2.45, 2.75) is 26.0 Å². The Kier molecular flexibility index (Phi) is 11.6. The Bertz CT molecular complexity index is 4280. The van der Waals surface area contributed by atoms with Gasteiger partial charge < -0.3 is 14.4 Å². The number of para-hydroxylation sites is 4. The fraction of sp³-hybridized carbons (Fsp3) is 0.0448. The molecule has 0 N–H and O–H groups in total. The minimum atomic E-state index is -1.09. The third kappa shape index (κ3) is 7.93. The highest BCUT2D eigenvalue weighted by molar-refractivity contribution is 9.10. The lowest BCUT2D eigenvalue weighted by atomic mass is 10.0. The smallest absolute Gasteiger partial charge is 0.0621 e. The molecule has 8 heteroatoms. The molecule has 362 valence electrons. The molecule has 5 heterocycles. The Balaban J connectivity index is 0.000000116. The van der Waals surface area contributed by atoms with E-state index in [2.05, 4.69) is 286 Å². The van der Waals surface area contributed by atoms with E-state index >= 15 is 0 Å². The molecule has 0 saturated carbocycles. The molecule has 0 radical (unpaired) electrons. The van der Waals surface area contributed by atoms with E-state index in [9.17, 15) is 0 Å². The molecule has 2 aliphatic heterocycles. The third-order valence-corrected chi connectivity index (χ3v) is 21.5. The van der Waals surface area contributed by atoms with Crippen molar-refractivity contribution < 1.29 is 0 Å². The van der Waals surface area contributed by atoms with Crippen LogP contribution in [0.1, 0.15) is 11.1 Å². The number of thiophene rings is 2. The highest BCUT2D eigenvalue weighted by atomic mass is 79.9. The number of nitrogens with zero attached hydrogens (tertiary/aromatic N) is 3. The van der Waals surface area contributed by atoms with Gasteiger partial charge in [0.1, 0.15) is 0 Å². The van der Waals surface area contributed by atoms with Gasteiger partial charge in [0, 0.05) is 93.0 Å². The zero-order valence-electron chi connectivity index (χ0n) is 41.2. The summed E-state index contributed by atoms with van der Waals surface area (Å²) in [5.74, 6) is 0. The van der Waals surface area contributed by atoms with Crippen LogP contribution in [0, 0.1) is 0 Å². The van der Waals surface area contributed by atoms with Crippen molar-refractivity contribution in [3.8, 4) is 5.69 Å². The average molecular weight is 1100 g/mol. The fourth-order valence-electron chi connectivity index (χ4n) is 11.2. The molecule has 0 atom stereocenters. The number of benzene rings is 10. The lowest BCUT2D eigenvalue weighted by Gasteiger charge is -2.45. The SMILES string of the molecule is Brc1ccc(N2c3ccccc3Sc3ccccc32)cc1.C1=Cc2ccc3sc4ccccc4c3c2C1.CS1(C)c2ccccc2N(c2ccc(-n3ccc4ccc5sc6ccccc6c5c43)cc2)c2ccccc21. The van der Waals surface area contributed by atoms with E-state index in [-0.39, 0.29) is 0 Å². The lowest BCUT2D eigenvalue weighted by molar-refractivity contribution is 1.12. The first-order chi connectivity index (χ1) is 36.9. The van der Waals surface area contributed by atoms with E-state index in [4.69, 9.17) is 0 Å². The normalized spacial score (nSPS) is 14.1. The zero-order valence-corrected chi connectivity index (χ0v) is 46.0. The zero-order chi connectivity index (χ0) is 50.2. The summed E-state index contributed by atoms with van der Waals surface area (Å²) in [5.41, 5.74) is 12.8. The molecule has 0 amide bonds. The number of rotatable bonds is 3. The number of aromatic nitrogens is 1. The minimum Gasteiger partial charge on any atom is -0.316 e. The van der Waals surface area contributed by atoms with Crippen LogP contribution in [0.2, 0.25) is 0 Å². The maximum atomic E-state index is 3.51. The van der Waals surface area contributed by atoms with Gasteiger partial charge in [0.05, 0.1) is 28.3 Å². The summed E-state index contributed by atoms with van der Waals surface area (Å²) in [6.45, 7) is 0. The number of hydrogen-bond acceptors (Lipinski definition) is 5. The maximum Gasteiger partial charge on any atom is 0.0621 e. The second kappa shape index (κ2) is 18.8. The summed E-state index contributed by atoms with van der Waals surface area (Å²) < 4.78 is 8.94. The van der Waals surface area contributed by atoms with Gasteiger partial charge >= 0.3 is 0 Å².